The molecule has 0 bridgehead atoms. The van der Waals surface area contributed by atoms with Crippen LogP contribution in [0.15, 0.2) is 24.3 Å². The van der Waals surface area contributed by atoms with E-state index in [9.17, 15) is 14.7 Å². The van der Waals surface area contributed by atoms with Crippen molar-refractivity contribution in [1.29, 1.82) is 0 Å². The van der Waals surface area contributed by atoms with E-state index in [0.29, 0.717) is 11.3 Å². The van der Waals surface area contributed by atoms with Crippen LogP contribution in [0.5, 0.6) is 5.75 Å². The molecule has 0 aliphatic carbocycles. The van der Waals surface area contributed by atoms with E-state index in [1.807, 2.05) is 33.9 Å². The first-order chi connectivity index (χ1) is 11.9. The van der Waals surface area contributed by atoms with Gasteiger partial charge in [-0.05, 0) is 42.4 Å². The van der Waals surface area contributed by atoms with Crippen molar-refractivity contribution in [2.75, 3.05) is 20.8 Å². The van der Waals surface area contributed by atoms with Crippen molar-refractivity contribution in [2.45, 2.75) is 45.0 Å². The van der Waals surface area contributed by atoms with Gasteiger partial charge in [-0.1, -0.05) is 20.8 Å². The molecule has 1 rings (SSSR count). The molecule has 0 heterocycles. The normalized spacial score (nSPS) is 13.2. The zero-order valence-electron chi connectivity index (χ0n) is 16.5. The average Bonchev–Trinajstić information content (AvgIpc) is 2.56. The molecule has 0 radical (unpaired) electrons. The van der Waals surface area contributed by atoms with Gasteiger partial charge in [-0.3, -0.25) is 9.63 Å². The van der Waals surface area contributed by atoms with Crippen LogP contribution in [0.3, 0.4) is 0 Å². The van der Waals surface area contributed by atoms with Crippen molar-refractivity contribution >= 4 is 20.2 Å². The molecule has 1 atom stereocenters. The first kappa shape index (κ1) is 22.1. The van der Waals surface area contributed by atoms with Crippen molar-refractivity contribution < 1.29 is 28.7 Å². The number of rotatable bonds is 8. The number of hydrogen-bond acceptors (Lipinski definition) is 5. The van der Waals surface area contributed by atoms with E-state index >= 15 is 0 Å². The summed E-state index contributed by atoms with van der Waals surface area (Å²) in [7, 11) is 0.688. The standard InChI is InChI=1S/C18H29NO6Si/c1-18(2,3)26(6,7)25-15(17(21)22)12-24-14-10-8-13(9-11-14)16(20)19(4)23-5/h8-11,15H,12H2,1-7H3,(H,21,22)/t15-/m1/s1. The lowest BCUT2D eigenvalue weighted by atomic mass is 10.2. The number of benzene rings is 1. The van der Waals surface area contributed by atoms with Gasteiger partial charge in [0, 0.05) is 12.6 Å². The summed E-state index contributed by atoms with van der Waals surface area (Å²) in [5, 5.41) is 10.5. The summed E-state index contributed by atoms with van der Waals surface area (Å²) in [5.41, 5.74) is 0.439. The number of nitrogens with zero attached hydrogens (tertiary/aromatic N) is 1. The minimum absolute atomic E-state index is 0.101. The molecule has 26 heavy (non-hydrogen) atoms. The SMILES string of the molecule is CON(C)C(=O)c1ccc(OC[C@@H](O[Si](C)(C)C(C)(C)C)C(=O)O)cc1. The second kappa shape index (κ2) is 8.66. The third kappa shape index (κ3) is 5.82. The molecule has 0 aromatic heterocycles. The smallest absolute Gasteiger partial charge is 0.335 e. The van der Waals surface area contributed by atoms with Crippen molar-refractivity contribution in [2.24, 2.45) is 0 Å². The summed E-state index contributed by atoms with van der Waals surface area (Å²) in [4.78, 5) is 28.3. The molecule has 0 saturated carbocycles. The predicted octanol–water partition coefficient (Wildman–Crippen LogP) is 3.17. The Morgan fingerprint density at radius 2 is 1.73 bits per heavy atom. The van der Waals surface area contributed by atoms with Gasteiger partial charge in [-0.2, -0.15) is 0 Å². The molecule has 0 saturated heterocycles. The molecular formula is C18H29NO6Si. The molecule has 0 unspecified atom stereocenters. The number of amides is 1. The number of carbonyl (C=O) groups is 2. The number of hydroxylamine groups is 2. The number of hydrogen-bond donors (Lipinski definition) is 1. The highest BCUT2D eigenvalue weighted by Crippen LogP contribution is 2.37. The van der Waals surface area contributed by atoms with E-state index in [-0.39, 0.29) is 17.6 Å². The molecule has 1 N–H and O–H groups in total. The van der Waals surface area contributed by atoms with E-state index < -0.39 is 20.4 Å². The maximum atomic E-state index is 12.0. The summed E-state index contributed by atoms with van der Waals surface area (Å²) in [6.07, 6.45) is -1.04. The van der Waals surface area contributed by atoms with E-state index in [0.717, 1.165) is 5.06 Å². The number of carbonyl (C=O) groups excluding carboxylic acids is 1. The fourth-order valence-electron chi connectivity index (χ4n) is 1.82. The van der Waals surface area contributed by atoms with Crippen LogP contribution in [0.2, 0.25) is 18.1 Å². The Kier molecular flexibility index (Phi) is 7.37. The van der Waals surface area contributed by atoms with Gasteiger partial charge >= 0.3 is 5.97 Å². The molecule has 7 nitrogen and oxygen atoms in total. The highest BCUT2D eigenvalue weighted by atomic mass is 28.4. The van der Waals surface area contributed by atoms with Crippen molar-refractivity contribution in [3.8, 4) is 5.75 Å². The van der Waals surface area contributed by atoms with E-state index in [2.05, 4.69) is 0 Å². The van der Waals surface area contributed by atoms with Crippen molar-refractivity contribution in [3.63, 3.8) is 0 Å². The quantitative estimate of drug-likeness (QED) is 0.548. The molecule has 1 amide bonds. The second-order valence-electron chi connectivity index (χ2n) is 7.53. The van der Waals surface area contributed by atoms with Gasteiger partial charge in [0.15, 0.2) is 14.4 Å². The van der Waals surface area contributed by atoms with Crippen LogP contribution in [0.4, 0.5) is 0 Å². The van der Waals surface area contributed by atoms with Gasteiger partial charge in [0.05, 0.1) is 7.11 Å². The minimum atomic E-state index is -2.23. The molecular weight excluding hydrogens is 354 g/mol. The Morgan fingerprint density at radius 3 is 2.15 bits per heavy atom. The first-order valence-corrected chi connectivity index (χ1v) is 11.3. The Morgan fingerprint density at radius 1 is 1.19 bits per heavy atom. The monoisotopic (exact) mass is 383 g/mol. The fraction of sp³-hybridized carbons (Fsp3) is 0.556. The Labute approximate surface area is 155 Å². The van der Waals surface area contributed by atoms with E-state index in [1.165, 1.54) is 14.2 Å². The van der Waals surface area contributed by atoms with Crippen molar-refractivity contribution in [1.82, 2.24) is 5.06 Å². The molecule has 0 fully saturated rings. The van der Waals surface area contributed by atoms with Crippen LogP contribution in [0, 0.1) is 0 Å². The summed E-state index contributed by atoms with van der Waals surface area (Å²) >= 11 is 0. The van der Waals surface area contributed by atoms with Gasteiger partial charge in [0.25, 0.3) is 5.91 Å². The number of carboxylic acid groups (broad SMARTS) is 1. The summed E-state index contributed by atoms with van der Waals surface area (Å²) in [6.45, 7) is 10.0. The zero-order valence-corrected chi connectivity index (χ0v) is 17.5. The van der Waals surface area contributed by atoms with Crippen LogP contribution in [-0.4, -0.2) is 57.2 Å². The van der Waals surface area contributed by atoms with Crippen LogP contribution in [-0.2, 0) is 14.1 Å². The van der Waals surface area contributed by atoms with Crippen LogP contribution in [0.1, 0.15) is 31.1 Å². The Balaban J connectivity index is 2.76. The molecule has 0 aliphatic rings. The molecule has 8 heteroatoms. The van der Waals surface area contributed by atoms with Crippen molar-refractivity contribution in [3.05, 3.63) is 29.8 Å². The predicted molar refractivity (Wildman–Crippen MR) is 101 cm³/mol. The minimum Gasteiger partial charge on any atom is -0.490 e. The first-order valence-electron chi connectivity index (χ1n) is 8.34. The van der Waals surface area contributed by atoms with Gasteiger partial charge < -0.3 is 14.3 Å². The highest BCUT2D eigenvalue weighted by molar-refractivity contribution is 6.74. The maximum absolute atomic E-state index is 12.0. The molecule has 1 aromatic carbocycles. The number of aliphatic carboxylic acids is 1. The third-order valence-electron chi connectivity index (χ3n) is 4.58. The molecule has 0 spiro atoms. The van der Waals surface area contributed by atoms with Crippen LogP contribution in [0.25, 0.3) is 0 Å². The summed E-state index contributed by atoms with van der Waals surface area (Å²) < 4.78 is 11.5. The Hall–Kier alpha value is -1.90. The van der Waals surface area contributed by atoms with E-state index in [4.69, 9.17) is 14.0 Å². The largest absolute Gasteiger partial charge is 0.490 e. The maximum Gasteiger partial charge on any atom is 0.335 e. The fourth-order valence-corrected chi connectivity index (χ4v) is 3.05. The van der Waals surface area contributed by atoms with Gasteiger partial charge in [0.1, 0.15) is 12.4 Å². The van der Waals surface area contributed by atoms with Gasteiger partial charge in [0.2, 0.25) is 0 Å². The van der Waals surface area contributed by atoms with Gasteiger partial charge in [-0.25, -0.2) is 9.86 Å². The lowest BCUT2D eigenvalue weighted by molar-refractivity contribution is -0.147. The lowest BCUT2D eigenvalue weighted by Gasteiger charge is -2.38. The lowest BCUT2D eigenvalue weighted by Crippen LogP contribution is -2.47. The van der Waals surface area contributed by atoms with Crippen LogP contribution < -0.4 is 4.74 Å². The highest BCUT2D eigenvalue weighted by Gasteiger charge is 2.41. The van der Waals surface area contributed by atoms with Gasteiger partial charge in [-0.15, -0.1) is 0 Å². The zero-order chi connectivity index (χ0) is 20.1. The summed E-state index contributed by atoms with van der Waals surface area (Å²) in [6, 6.07) is 6.42. The number of ether oxygens (including phenoxy) is 1. The van der Waals surface area contributed by atoms with E-state index in [1.54, 1.807) is 24.3 Å². The second-order valence-corrected chi connectivity index (χ2v) is 12.3. The molecule has 1 aromatic rings. The third-order valence-corrected chi connectivity index (χ3v) is 9.07. The molecule has 0 aliphatic heterocycles. The van der Waals surface area contributed by atoms with Crippen LogP contribution >= 0.6 is 0 Å². The average molecular weight is 384 g/mol. The number of carboxylic acids is 1. The Bertz CT molecular complexity index is 624. The molecule has 146 valence electrons. The topological polar surface area (TPSA) is 85.3 Å². The summed E-state index contributed by atoms with van der Waals surface area (Å²) in [5.74, 6) is -0.876.